The number of nitrogens with one attached hydrogen (secondary N) is 3. The van der Waals surface area contributed by atoms with Gasteiger partial charge < -0.3 is 25.7 Å². The van der Waals surface area contributed by atoms with Gasteiger partial charge in [0.15, 0.2) is 5.76 Å². The van der Waals surface area contributed by atoms with Crippen molar-refractivity contribution < 1.29 is 23.6 Å². The number of nitrogens with zero attached hydrogens (tertiary/aromatic N) is 4. The highest BCUT2D eigenvalue weighted by Gasteiger charge is 2.42. The van der Waals surface area contributed by atoms with Crippen LogP contribution < -0.4 is 16.4 Å². The van der Waals surface area contributed by atoms with Crippen LogP contribution in [0.5, 0.6) is 0 Å². The first-order chi connectivity index (χ1) is 14.8. The first kappa shape index (κ1) is 21.9. The minimum absolute atomic E-state index is 0.0482. The summed E-state index contributed by atoms with van der Waals surface area (Å²) in [6.45, 7) is 3.84. The van der Waals surface area contributed by atoms with Crippen molar-refractivity contribution in [1.82, 2.24) is 36.2 Å². The summed E-state index contributed by atoms with van der Waals surface area (Å²) in [6, 6.07) is 0.661. The maximum atomic E-state index is 13.0. The van der Waals surface area contributed by atoms with E-state index in [1.807, 2.05) is 13.8 Å². The van der Waals surface area contributed by atoms with E-state index in [0.29, 0.717) is 6.42 Å². The number of rotatable bonds is 8. The zero-order chi connectivity index (χ0) is 22.5. The fourth-order valence-corrected chi connectivity index (χ4v) is 3.45. The summed E-state index contributed by atoms with van der Waals surface area (Å²) in [6.07, 6.45) is 1.83. The molecule has 3 atom stereocenters. The summed E-state index contributed by atoms with van der Waals surface area (Å²) in [5.41, 5.74) is 5.42. The molecule has 2 aromatic rings. The Morgan fingerprint density at radius 1 is 1.35 bits per heavy atom. The average molecular weight is 432 g/mol. The van der Waals surface area contributed by atoms with Gasteiger partial charge in [-0.15, -0.1) is 10.2 Å². The Bertz CT molecular complexity index is 927. The predicted octanol–water partition coefficient (Wildman–Crippen LogP) is -1.18. The third-order valence-electron chi connectivity index (χ3n) is 4.85. The van der Waals surface area contributed by atoms with Gasteiger partial charge in [0.1, 0.15) is 12.1 Å². The third kappa shape index (κ3) is 5.24. The van der Waals surface area contributed by atoms with Crippen molar-refractivity contribution >= 4 is 23.6 Å². The molecule has 4 amide bonds. The molecule has 0 bridgehead atoms. The highest BCUT2D eigenvalue weighted by Crippen LogP contribution is 2.22. The summed E-state index contributed by atoms with van der Waals surface area (Å²) < 4.78 is 5.17. The van der Waals surface area contributed by atoms with E-state index in [0.717, 1.165) is 0 Å². The molecule has 3 unspecified atom stereocenters. The Morgan fingerprint density at radius 2 is 2.13 bits per heavy atom. The Balaban J connectivity index is 1.76. The normalized spacial score (nSPS) is 19.3. The number of H-pyrrole nitrogens is 1. The van der Waals surface area contributed by atoms with Crippen molar-refractivity contribution in [1.29, 1.82) is 0 Å². The summed E-state index contributed by atoms with van der Waals surface area (Å²) in [5.74, 6) is -2.31. The minimum atomic E-state index is -0.942. The standard InChI is InChI=1S/C18H24N8O5/c1-9(2)6-11(14(19)27)21-16(28)12-7-10(20-17(29)15-22-24-25-23-15)8-26(12)18(30)13-4-3-5-31-13/h3-5,9-12H,6-8H2,1-2H3,(H2,19,27)(H,20,29)(H,21,28)(H,22,23,24,25). The number of furan rings is 1. The van der Waals surface area contributed by atoms with E-state index in [2.05, 4.69) is 31.3 Å². The zero-order valence-electron chi connectivity index (χ0n) is 17.1. The van der Waals surface area contributed by atoms with Crippen molar-refractivity contribution in [3.05, 3.63) is 30.0 Å². The molecule has 1 saturated heterocycles. The quantitative estimate of drug-likeness (QED) is 0.401. The number of aromatic amines is 1. The molecule has 31 heavy (non-hydrogen) atoms. The second kappa shape index (κ2) is 9.36. The maximum Gasteiger partial charge on any atom is 0.293 e. The summed E-state index contributed by atoms with van der Waals surface area (Å²) in [7, 11) is 0. The zero-order valence-corrected chi connectivity index (χ0v) is 17.1. The van der Waals surface area contributed by atoms with E-state index in [1.165, 1.54) is 17.2 Å². The van der Waals surface area contributed by atoms with Crippen LogP contribution in [0.1, 0.15) is 47.9 Å². The molecule has 0 aromatic carbocycles. The van der Waals surface area contributed by atoms with Crippen LogP contribution >= 0.6 is 0 Å². The van der Waals surface area contributed by atoms with Crippen molar-refractivity contribution in [3.8, 4) is 0 Å². The molecule has 13 nitrogen and oxygen atoms in total. The van der Waals surface area contributed by atoms with E-state index >= 15 is 0 Å². The van der Waals surface area contributed by atoms with Crippen LogP contribution in [0, 0.1) is 5.92 Å². The molecule has 1 fully saturated rings. The largest absolute Gasteiger partial charge is 0.459 e. The predicted molar refractivity (Wildman–Crippen MR) is 104 cm³/mol. The molecular weight excluding hydrogens is 408 g/mol. The number of nitrogens with two attached hydrogens (primary N) is 1. The number of carbonyl (C=O) groups excluding carboxylic acids is 4. The Morgan fingerprint density at radius 3 is 2.71 bits per heavy atom. The van der Waals surface area contributed by atoms with Gasteiger partial charge in [0.2, 0.25) is 11.8 Å². The van der Waals surface area contributed by atoms with Gasteiger partial charge in [-0.05, 0) is 36.1 Å². The first-order valence-corrected chi connectivity index (χ1v) is 9.74. The van der Waals surface area contributed by atoms with Crippen molar-refractivity contribution in [2.24, 2.45) is 11.7 Å². The lowest BCUT2D eigenvalue weighted by molar-refractivity contribution is -0.130. The molecule has 2 aromatic heterocycles. The van der Waals surface area contributed by atoms with Crippen molar-refractivity contribution in [2.75, 3.05) is 6.54 Å². The second-order valence-corrected chi connectivity index (χ2v) is 7.69. The van der Waals surface area contributed by atoms with Gasteiger partial charge >= 0.3 is 0 Å². The molecule has 3 heterocycles. The Labute approximate surface area is 177 Å². The average Bonchev–Trinajstić information content (AvgIpc) is 3.47. The van der Waals surface area contributed by atoms with Crippen LogP contribution in [0.4, 0.5) is 0 Å². The highest BCUT2D eigenvalue weighted by molar-refractivity contribution is 5.97. The molecular formula is C18H24N8O5. The molecule has 1 aliphatic rings. The van der Waals surface area contributed by atoms with Gasteiger partial charge in [-0.2, -0.15) is 5.21 Å². The molecule has 166 valence electrons. The van der Waals surface area contributed by atoms with Crippen LogP contribution in [0.25, 0.3) is 0 Å². The van der Waals surface area contributed by atoms with Gasteiger partial charge in [0.25, 0.3) is 17.6 Å². The Hall–Kier alpha value is -3.77. The third-order valence-corrected chi connectivity index (χ3v) is 4.85. The van der Waals surface area contributed by atoms with Crippen LogP contribution in [0.2, 0.25) is 0 Å². The summed E-state index contributed by atoms with van der Waals surface area (Å²) in [5, 5.41) is 18.0. The molecule has 0 saturated carbocycles. The molecule has 5 N–H and O–H groups in total. The van der Waals surface area contributed by atoms with E-state index < -0.39 is 41.8 Å². The van der Waals surface area contributed by atoms with E-state index in [4.69, 9.17) is 10.2 Å². The number of tetrazole rings is 1. The molecule has 0 spiro atoms. The number of amides is 4. The van der Waals surface area contributed by atoms with Crippen LogP contribution in [0.15, 0.2) is 22.8 Å². The number of hydrogen-bond donors (Lipinski definition) is 4. The number of likely N-dealkylation sites (tertiary alicyclic amines) is 1. The van der Waals surface area contributed by atoms with Gasteiger partial charge in [-0.25, -0.2) is 0 Å². The SMILES string of the molecule is CC(C)CC(NC(=O)C1CC(NC(=O)c2nn[nH]n2)CN1C(=O)c1ccco1)C(N)=O. The first-order valence-electron chi connectivity index (χ1n) is 9.74. The number of aromatic nitrogens is 4. The summed E-state index contributed by atoms with van der Waals surface area (Å²) in [4.78, 5) is 51.2. The monoisotopic (exact) mass is 432 g/mol. The Kier molecular flexibility index (Phi) is 6.62. The lowest BCUT2D eigenvalue weighted by Gasteiger charge is -2.25. The van der Waals surface area contributed by atoms with Crippen molar-refractivity contribution in [2.45, 2.75) is 44.8 Å². The fraction of sp³-hybridized carbons (Fsp3) is 0.500. The minimum Gasteiger partial charge on any atom is -0.459 e. The molecule has 0 aliphatic carbocycles. The van der Waals surface area contributed by atoms with Gasteiger partial charge in [0.05, 0.1) is 6.26 Å². The summed E-state index contributed by atoms with van der Waals surface area (Å²) >= 11 is 0. The van der Waals surface area contributed by atoms with Crippen molar-refractivity contribution in [3.63, 3.8) is 0 Å². The van der Waals surface area contributed by atoms with Gasteiger partial charge in [-0.1, -0.05) is 13.8 Å². The lowest BCUT2D eigenvalue weighted by atomic mass is 10.0. The number of primary amides is 1. The number of hydrogen-bond acceptors (Lipinski definition) is 8. The number of carbonyl (C=O) groups is 4. The van der Waals surface area contributed by atoms with Crippen LogP contribution in [-0.4, -0.2) is 73.8 Å². The molecule has 3 rings (SSSR count). The molecule has 0 radical (unpaired) electrons. The van der Waals surface area contributed by atoms with Crippen LogP contribution in [0.3, 0.4) is 0 Å². The highest BCUT2D eigenvalue weighted by atomic mass is 16.3. The van der Waals surface area contributed by atoms with E-state index in [1.54, 1.807) is 6.07 Å². The molecule has 1 aliphatic heterocycles. The van der Waals surface area contributed by atoms with Crippen LogP contribution in [-0.2, 0) is 9.59 Å². The lowest BCUT2D eigenvalue weighted by Crippen LogP contribution is -2.52. The molecule has 13 heteroatoms. The van der Waals surface area contributed by atoms with Gasteiger partial charge in [-0.3, -0.25) is 19.2 Å². The topological polar surface area (TPSA) is 189 Å². The maximum absolute atomic E-state index is 13.0. The second-order valence-electron chi connectivity index (χ2n) is 7.69. The fourth-order valence-electron chi connectivity index (χ4n) is 3.45. The van der Waals surface area contributed by atoms with E-state index in [9.17, 15) is 19.2 Å². The van der Waals surface area contributed by atoms with E-state index in [-0.39, 0.29) is 30.5 Å². The smallest absolute Gasteiger partial charge is 0.293 e. The van der Waals surface area contributed by atoms with Gasteiger partial charge in [0, 0.05) is 12.6 Å².